The Morgan fingerprint density at radius 1 is 0.889 bits per heavy atom. The average Bonchev–Trinajstić information content (AvgIpc) is 2.54. The summed E-state index contributed by atoms with van der Waals surface area (Å²) in [7, 11) is -3.24. The number of benzene rings is 2. The lowest BCUT2D eigenvalue weighted by molar-refractivity contribution is -0.116. The van der Waals surface area contributed by atoms with Gasteiger partial charge in [0.2, 0.25) is 5.91 Å². The lowest BCUT2D eigenvalue weighted by Gasteiger charge is -2.13. The Kier molecular flexibility index (Phi) is 6.82. The zero-order chi connectivity index (χ0) is 20.2. The average molecular weight is 388 g/mol. The van der Waals surface area contributed by atoms with Gasteiger partial charge >= 0.3 is 0 Å². The SMILES string of the molecule is Cc1cc(C)c(NC(=O)CCCS(=O)(=O)Cc2cc(C)ccc2C)c(C)c1. The van der Waals surface area contributed by atoms with Crippen molar-refractivity contribution in [2.24, 2.45) is 0 Å². The summed E-state index contributed by atoms with van der Waals surface area (Å²) in [5.41, 5.74) is 6.88. The second-order valence-electron chi connectivity index (χ2n) is 7.45. The molecule has 0 aliphatic carbocycles. The van der Waals surface area contributed by atoms with Crippen LogP contribution in [0, 0.1) is 34.6 Å². The largest absolute Gasteiger partial charge is 0.326 e. The number of rotatable bonds is 7. The molecule has 2 rings (SSSR count). The molecule has 1 N–H and O–H groups in total. The fraction of sp³-hybridized carbons (Fsp3) is 0.409. The molecule has 146 valence electrons. The first kappa shape index (κ1) is 21.2. The maximum Gasteiger partial charge on any atom is 0.224 e. The van der Waals surface area contributed by atoms with E-state index in [1.165, 1.54) is 0 Å². The number of aryl methyl sites for hydroxylation is 5. The van der Waals surface area contributed by atoms with Gasteiger partial charge in [0.05, 0.1) is 11.5 Å². The highest BCUT2D eigenvalue weighted by Gasteiger charge is 2.15. The van der Waals surface area contributed by atoms with Gasteiger partial charge < -0.3 is 5.32 Å². The van der Waals surface area contributed by atoms with Gasteiger partial charge in [-0.1, -0.05) is 41.5 Å². The number of hydrogen-bond acceptors (Lipinski definition) is 3. The molecule has 0 radical (unpaired) electrons. The van der Waals surface area contributed by atoms with Crippen LogP contribution in [0.2, 0.25) is 0 Å². The normalized spacial score (nSPS) is 11.4. The molecule has 0 spiro atoms. The second-order valence-corrected chi connectivity index (χ2v) is 9.63. The highest BCUT2D eigenvalue weighted by molar-refractivity contribution is 7.90. The van der Waals surface area contributed by atoms with Gasteiger partial charge in [-0.05, 0) is 63.3 Å². The summed E-state index contributed by atoms with van der Waals surface area (Å²) < 4.78 is 24.8. The maximum atomic E-state index is 12.4. The number of carbonyl (C=O) groups excluding carboxylic acids is 1. The molecule has 2 aromatic rings. The summed E-state index contributed by atoms with van der Waals surface area (Å²) in [5.74, 6) is -0.107. The first-order valence-corrected chi connectivity index (χ1v) is 11.0. The summed E-state index contributed by atoms with van der Waals surface area (Å²) >= 11 is 0. The Bertz CT molecular complexity index is 923. The van der Waals surface area contributed by atoms with Crippen molar-refractivity contribution in [2.75, 3.05) is 11.1 Å². The van der Waals surface area contributed by atoms with E-state index in [0.29, 0.717) is 6.42 Å². The van der Waals surface area contributed by atoms with Crippen molar-refractivity contribution in [3.05, 3.63) is 63.7 Å². The van der Waals surface area contributed by atoms with E-state index < -0.39 is 9.84 Å². The van der Waals surface area contributed by atoms with Crippen LogP contribution >= 0.6 is 0 Å². The Labute approximate surface area is 162 Å². The predicted molar refractivity (Wildman–Crippen MR) is 112 cm³/mol. The van der Waals surface area contributed by atoms with Crippen LogP contribution < -0.4 is 5.32 Å². The molecule has 0 aromatic heterocycles. The van der Waals surface area contributed by atoms with E-state index in [0.717, 1.165) is 39.1 Å². The minimum Gasteiger partial charge on any atom is -0.326 e. The molecule has 0 saturated heterocycles. The highest BCUT2D eigenvalue weighted by Crippen LogP contribution is 2.22. The summed E-state index contributed by atoms with van der Waals surface area (Å²) in [4.78, 5) is 12.2. The van der Waals surface area contributed by atoms with Gasteiger partial charge in [-0.15, -0.1) is 0 Å². The minimum atomic E-state index is -3.24. The number of hydrogen-bond donors (Lipinski definition) is 1. The number of sulfone groups is 1. The van der Waals surface area contributed by atoms with E-state index in [1.54, 1.807) is 0 Å². The molecular weight excluding hydrogens is 358 g/mol. The molecule has 0 unspecified atom stereocenters. The Morgan fingerprint density at radius 3 is 2.15 bits per heavy atom. The smallest absolute Gasteiger partial charge is 0.224 e. The number of nitrogens with one attached hydrogen (secondary N) is 1. The van der Waals surface area contributed by atoms with E-state index in [2.05, 4.69) is 5.32 Å². The van der Waals surface area contributed by atoms with Crippen LogP contribution in [0.4, 0.5) is 5.69 Å². The summed E-state index contributed by atoms with van der Waals surface area (Å²) in [6.45, 7) is 9.82. The molecule has 0 saturated carbocycles. The van der Waals surface area contributed by atoms with Crippen molar-refractivity contribution in [2.45, 2.75) is 53.2 Å². The van der Waals surface area contributed by atoms with Crippen molar-refractivity contribution in [1.29, 1.82) is 0 Å². The Hall–Kier alpha value is -2.14. The lowest BCUT2D eigenvalue weighted by Crippen LogP contribution is -2.16. The molecule has 0 atom stereocenters. The van der Waals surface area contributed by atoms with Gasteiger partial charge in [-0.25, -0.2) is 8.42 Å². The zero-order valence-electron chi connectivity index (χ0n) is 16.8. The molecule has 4 nitrogen and oxygen atoms in total. The highest BCUT2D eigenvalue weighted by atomic mass is 32.2. The quantitative estimate of drug-likeness (QED) is 0.757. The van der Waals surface area contributed by atoms with Crippen molar-refractivity contribution in [3.8, 4) is 0 Å². The van der Waals surface area contributed by atoms with Crippen LogP contribution in [-0.2, 0) is 20.4 Å². The molecule has 2 aromatic carbocycles. The van der Waals surface area contributed by atoms with E-state index >= 15 is 0 Å². The van der Waals surface area contributed by atoms with Crippen LogP contribution in [-0.4, -0.2) is 20.1 Å². The van der Waals surface area contributed by atoms with Crippen LogP contribution in [0.25, 0.3) is 0 Å². The molecule has 0 bridgehead atoms. The van der Waals surface area contributed by atoms with Gasteiger partial charge in [0.25, 0.3) is 0 Å². The molecule has 0 heterocycles. The third kappa shape index (κ3) is 6.21. The molecular formula is C22H29NO3S. The minimum absolute atomic E-state index is 0.0136. The van der Waals surface area contributed by atoms with Gasteiger partial charge in [-0.2, -0.15) is 0 Å². The monoisotopic (exact) mass is 387 g/mol. The number of amides is 1. The van der Waals surface area contributed by atoms with Gasteiger partial charge in [0.1, 0.15) is 0 Å². The molecule has 0 aliphatic heterocycles. The first-order chi connectivity index (χ1) is 12.6. The van der Waals surface area contributed by atoms with E-state index in [9.17, 15) is 13.2 Å². The number of carbonyl (C=O) groups is 1. The Morgan fingerprint density at radius 2 is 1.52 bits per heavy atom. The fourth-order valence-corrected chi connectivity index (χ4v) is 4.81. The van der Waals surface area contributed by atoms with Crippen molar-refractivity contribution < 1.29 is 13.2 Å². The molecule has 27 heavy (non-hydrogen) atoms. The van der Waals surface area contributed by atoms with Crippen molar-refractivity contribution in [3.63, 3.8) is 0 Å². The summed E-state index contributed by atoms with van der Waals surface area (Å²) in [6, 6.07) is 9.89. The Balaban J connectivity index is 1.91. The molecule has 1 amide bonds. The molecule has 0 aliphatic rings. The van der Waals surface area contributed by atoms with Gasteiger partial charge in [0.15, 0.2) is 9.84 Å². The van der Waals surface area contributed by atoms with Crippen LogP contribution in [0.1, 0.15) is 46.2 Å². The maximum absolute atomic E-state index is 12.4. The lowest BCUT2D eigenvalue weighted by atomic mass is 10.0. The third-order valence-corrected chi connectivity index (χ3v) is 6.34. The van der Waals surface area contributed by atoms with E-state index in [1.807, 2.05) is 65.0 Å². The van der Waals surface area contributed by atoms with Crippen LogP contribution in [0.15, 0.2) is 30.3 Å². The van der Waals surface area contributed by atoms with Gasteiger partial charge in [-0.3, -0.25) is 4.79 Å². The zero-order valence-corrected chi connectivity index (χ0v) is 17.7. The van der Waals surface area contributed by atoms with E-state index in [4.69, 9.17) is 0 Å². The third-order valence-electron chi connectivity index (χ3n) is 4.68. The first-order valence-electron chi connectivity index (χ1n) is 9.21. The standard InChI is InChI=1S/C22H29NO3S/c1-15-8-9-17(3)20(13-15)14-27(25,26)10-6-7-21(24)23-22-18(4)11-16(2)12-19(22)5/h8-9,11-13H,6-7,10,14H2,1-5H3,(H,23,24). The van der Waals surface area contributed by atoms with Crippen LogP contribution in [0.3, 0.4) is 0 Å². The van der Waals surface area contributed by atoms with Crippen molar-refractivity contribution in [1.82, 2.24) is 0 Å². The van der Waals surface area contributed by atoms with Gasteiger partial charge in [0, 0.05) is 12.1 Å². The van der Waals surface area contributed by atoms with Crippen LogP contribution in [0.5, 0.6) is 0 Å². The van der Waals surface area contributed by atoms with E-state index in [-0.39, 0.29) is 23.8 Å². The summed E-state index contributed by atoms with van der Waals surface area (Å²) in [6.07, 6.45) is 0.516. The van der Waals surface area contributed by atoms with Crippen molar-refractivity contribution >= 4 is 21.4 Å². The summed E-state index contributed by atoms with van der Waals surface area (Å²) in [5, 5.41) is 2.92. The fourth-order valence-electron chi connectivity index (χ4n) is 3.30. The topological polar surface area (TPSA) is 63.2 Å². The second kappa shape index (κ2) is 8.70. The number of anilines is 1. The molecule has 5 heteroatoms. The predicted octanol–water partition coefficient (Wildman–Crippen LogP) is 4.56. The molecule has 0 fully saturated rings.